The van der Waals surface area contributed by atoms with Gasteiger partial charge in [0.2, 0.25) is 5.91 Å². The van der Waals surface area contributed by atoms with Crippen molar-refractivity contribution in [3.8, 4) is 0 Å². The number of benzene rings is 2. The monoisotopic (exact) mass is 427 g/mol. The molecule has 1 aliphatic heterocycles. The van der Waals surface area contributed by atoms with Crippen LogP contribution >= 0.6 is 11.6 Å². The van der Waals surface area contributed by atoms with Crippen LogP contribution < -0.4 is 16.0 Å². The summed E-state index contributed by atoms with van der Waals surface area (Å²) in [5, 5.41) is 10.0. The van der Waals surface area contributed by atoms with E-state index >= 15 is 0 Å². The van der Waals surface area contributed by atoms with Gasteiger partial charge in [-0.3, -0.25) is 14.6 Å². The van der Waals surface area contributed by atoms with E-state index in [2.05, 4.69) is 20.9 Å². The molecule has 2 aromatic rings. The quantitative estimate of drug-likeness (QED) is 0.485. The Hall–Kier alpha value is -3.06. The molecule has 0 atom stereocenters. The molecule has 0 spiro atoms. The maximum Gasteiger partial charge on any atom is 0.254 e. The highest BCUT2D eigenvalue weighted by Gasteiger charge is 2.22. The second kappa shape index (κ2) is 10.6. The van der Waals surface area contributed by atoms with Gasteiger partial charge in [-0.05, 0) is 35.7 Å². The molecule has 0 unspecified atom stereocenters. The fourth-order valence-electron chi connectivity index (χ4n) is 3.18. The van der Waals surface area contributed by atoms with E-state index in [1.807, 2.05) is 36.4 Å². The van der Waals surface area contributed by atoms with E-state index in [0.29, 0.717) is 37.7 Å². The number of piperazine rings is 1. The minimum Gasteiger partial charge on any atom is -0.356 e. The first kappa shape index (κ1) is 21.6. The number of nitrogens with one attached hydrogen (secondary N) is 3. The molecule has 2 amide bonds. The lowest BCUT2D eigenvalue weighted by atomic mass is 10.1. The summed E-state index contributed by atoms with van der Waals surface area (Å²) < 4.78 is 0. The standard InChI is InChI=1S/C22H26ClN5O2/c1-24-22(26-11-10-17-4-2-3-5-19(17)23)27-14-16-6-8-18(9-7-16)21(30)28-13-12-25-20(29)15-28/h2-9H,10-15H2,1H3,(H,25,29)(H2,24,26,27). The first-order valence-corrected chi connectivity index (χ1v) is 10.3. The summed E-state index contributed by atoms with van der Waals surface area (Å²) in [7, 11) is 1.72. The van der Waals surface area contributed by atoms with Gasteiger partial charge in [-0.15, -0.1) is 0 Å². The van der Waals surface area contributed by atoms with Crippen LogP contribution in [0.5, 0.6) is 0 Å². The first-order valence-electron chi connectivity index (χ1n) is 9.89. The molecule has 30 heavy (non-hydrogen) atoms. The molecule has 2 aromatic carbocycles. The Morgan fingerprint density at radius 3 is 2.63 bits per heavy atom. The van der Waals surface area contributed by atoms with Crippen molar-refractivity contribution < 1.29 is 9.59 Å². The Balaban J connectivity index is 1.47. The summed E-state index contributed by atoms with van der Waals surface area (Å²) in [6.45, 7) is 2.42. The van der Waals surface area contributed by atoms with Crippen molar-refractivity contribution in [2.45, 2.75) is 13.0 Å². The van der Waals surface area contributed by atoms with Crippen molar-refractivity contribution in [2.24, 2.45) is 4.99 Å². The van der Waals surface area contributed by atoms with Gasteiger partial charge in [0, 0.05) is 43.8 Å². The minimum atomic E-state index is -0.124. The van der Waals surface area contributed by atoms with Crippen molar-refractivity contribution in [1.82, 2.24) is 20.9 Å². The normalized spacial score (nSPS) is 14.3. The van der Waals surface area contributed by atoms with E-state index in [0.717, 1.165) is 22.6 Å². The fourth-order valence-corrected chi connectivity index (χ4v) is 3.41. The summed E-state index contributed by atoms with van der Waals surface area (Å²) in [4.78, 5) is 29.8. The number of amides is 2. The first-order chi connectivity index (χ1) is 14.6. The van der Waals surface area contributed by atoms with E-state index in [4.69, 9.17) is 11.6 Å². The smallest absolute Gasteiger partial charge is 0.254 e. The average molecular weight is 428 g/mol. The van der Waals surface area contributed by atoms with Crippen LogP contribution in [0.4, 0.5) is 0 Å². The lowest BCUT2D eigenvalue weighted by Gasteiger charge is -2.26. The Bertz CT molecular complexity index is 914. The Labute approximate surface area is 181 Å². The number of halogens is 1. The summed E-state index contributed by atoms with van der Waals surface area (Å²) in [6.07, 6.45) is 0.797. The van der Waals surface area contributed by atoms with E-state index < -0.39 is 0 Å². The van der Waals surface area contributed by atoms with Gasteiger partial charge in [-0.2, -0.15) is 0 Å². The highest BCUT2D eigenvalue weighted by Crippen LogP contribution is 2.14. The zero-order chi connectivity index (χ0) is 21.3. The Morgan fingerprint density at radius 1 is 1.17 bits per heavy atom. The molecule has 8 heteroatoms. The van der Waals surface area contributed by atoms with Gasteiger partial charge in [0.05, 0.1) is 6.54 Å². The zero-order valence-electron chi connectivity index (χ0n) is 17.0. The summed E-state index contributed by atoms with van der Waals surface area (Å²) in [5.74, 6) is 0.451. The lowest BCUT2D eigenvalue weighted by Crippen LogP contribution is -2.49. The number of nitrogens with zero attached hydrogens (tertiary/aromatic N) is 2. The maximum atomic E-state index is 12.5. The largest absolute Gasteiger partial charge is 0.356 e. The van der Waals surface area contributed by atoms with Crippen LogP contribution in [0, 0.1) is 0 Å². The molecule has 0 radical (unpaired) electrons. The predicted octanol–water partition coefficient (Wildman–Crippen LogP) is 1.82. The Kier molecular flexibility index (Phi) is 7.68. The number of aliphatic imine (C=N–C) groups is 1. The second-order valence-corrected chi connectivity index (χ2v) is 7.37. The molecule has 158 valence electrons. The third-order valence-corrected chi connectivity index (χ3v) is 5.22. The SMILES string of the molecule is CN=C(NCCc1ccccc1Cl)NCc1ccc(C(=O)N2CCNC(=O)C2)cc1. The van der Waals surface area contributed by atoms with Gasteiger partial charge in [-0.1, -0.05) is 41.9 Å². The fraction of sp³-hybridized carbons (Fsp3) is 0.318. The highest BCUT2D eigenvalue weighted by molar-refractivity contribution is 6.31. The van der Waals surface area contributed by atoms with Gasteiger partial charge in [0.25, 0.3) is 5.91 Å². The maximum absolute atomic E-state index is 12.5. The zero-order valence-corrected chi connectivity index (χ0v) is 17.7. The molecule has 3 rings (SSSR count). The van der Waals surface area contributed by atoms with Crippen molar-refractivity contribution >= 4 is 29.4 Å². The molecule has 0 aliphatic carbocycles. The van der Waals surface area contributed by atoms with Crippen LogP contribution in [-0.4, -0.2) is 55.9 Å². The van der Waals surface area contributed by atoms with Crippen LogP contribution in [0.2, 0.25) is 5.02 Å². The Morgan fingerprint density at radius 2 is 1.93 bits per heavy atom. The molecular weight excluding hydrogens is 402 g/mol. The number of rotatable bonds is 6. The van der Waals surface area contributed by atoms with Gasteiger partial charge >= 0.3 is 0 Å². The van der Waals surface area contributed by atoms with E-state index in [9.17, 15) is 9.59 Å². The van der Waals surface area contributed by atoms with Crippen LogP contribution in [0.25, 0.3) is 0 Å². The number of carbonyl (C=O) groups is 2. The summed E-state index contributed by atoms with van der Waals surface area (Å²) >= 11 is 6.19. The molecular formula is C22H26ClN5O2. The molecule has 3 N–H and O–H groups in total. The predicted molar refractivity (Wildman–Crippen MR) is 119 cm³/mol. The van der Waals surface area contributed by atoms with E-state index in [1.165, 1.54) is 0 Å². The van der Waals surface area contributed by atoms with Crippen molar-refractivity contribution in [1.29, 1.82) is 0 Å². The van der Waals surface area contributed by atoms with Crippen molar-refractivity contribution in [2.75, 3.05) is 33.2 Å². The number of hydrogen-bond acceptors (Lipinski definition) is 3. The van der Waals surface area contributed by atoms with Crippen LogP contribution in [0.15, 0.2) is 53.5 Å². The number of guanidine groups is 1. The van der Waals surface area contributed by atoms with Gasteiger partial charge in [-0.25, -0.2) is 0 Å². The van der Waals surface area contributed by atoms with Gasteiger partial charge in [0.1, 0.15) is 0 Å². The molecule has 0 aromatic heterocycles. The van der Waals surface area contributed by atoms with E-state index in [-0.39, 0.29) is 18.4 Å². The van der Waals surface area contributed by atoms with Gasteiger partial charge in [0.15, 0.2) is 5.96 Å². The third kappa shape index (κ3) is 5.97. The van der Waals surface area contributed by atoms with Crippen LogP contribution in [-0.2, 0) is 17.8 Å². The molecule has 0 saturated carbocycles. The summed E-state index contributed by atoms with van der Waals surface area (Å²) in [5.41, 5.74) is 2.70. The van der Waals surface area contributed by atoms with Crippen LogP contribution in [0.3, 0.4) is 0 Å². The number of carbonyl (C=O) groups excluding carboxylic acids is 2. The second-order valence-electron chi connectivity index (χ2n) is 6.97. The molecule has 0 bridgehead atoms. The van der Waals surface area contributed by atoms with Gasteiger partial charge < -0.3 is 20.9 Å². The highest BCUT2D eigenvalue weighted by atomic mass is 35.5. The van der Waals surface area contributed by atoms with Crippen molar-refractivity contribution in [3.63, 3.8) is 0 Å². The molecule has 1 aliphatic rings. The molecule has 7 nitrogen and oxygen atoms in total. The van der Waals surface area contributed by atoms with E-state index in [1.54, 1.807) is 24.1 Å². The average Bonchev–Trinajstić information content (AvgIpc) is 2.77. The topological polar surface area (TPSA) is 85.8 Å². The third-order valence-electron chi connectivity index (χ3n) is 4.85. The summed E-state index contributed by atoms with van der Waals surface area (Å²) in [6, 6.07) is 15.2. The van der Waals surface area contributed by atoms with Crippen molar-refractivity contribution in [3.05, 3.63) is 70.2 Å². The molecule has 1 fully saturated rings. The van der Waals surface area contributed by atoms with Crippen LogP contribution in [0.1, 0.15) is 21.5 Å². The number of hydrogen-bond donors (Lipinski definition) is 3. The lowest BCUT2D eigenvalue weighted by molar-refractivity contribution is -0.123. The molecule has 1 heterocycles. The molecule has 1 saturated heterocycles. The minimum absolute atomic E-state index is 0.109.